The normalized spacial score (nSPS) is 28.7. The Morgan fingerprint density at radius 3 is 2.24 bits per heavy atom. The summed E-state index contributed by atoms with van der Waals surface area (Å²) in [6.45, 7) is 6.40. The highest BCUT2D eigenvalue weighted by molar-refractivity contribution is 7.89. The van der Waals surface area contributed by atoms with Crippen LogP contribution in [0.2, 0.25) is 0 Å². The van der Waals surface area contributed by atoms with Crippen LogP contribution in [0.25, 0.3) is 0 Å². The third kappa shape index (κ3) is 5.68. The number of likely N-dealkylation sites (tertiary alicyclic amines) is 1. The van der Waals surface area contributed by atoms with E-state index in [1.165, 1.54) is 50.9 Å². The maximum atomic E-state index is 12.6. The van der Waals surface area contributed by atoms with E-state index in [4.69, 9.17) is 0 Å². The molecule has 2 aromatic carbocycles. The second-order valence-electron chi connectivity index (χ2n) is 10.3. The van der Waals surface area contributed by atoms with Crippen molar-refractivity contribution in [3.8, 4) is 0 Å². The summed E-state index contributed by atoms with van der Waals surface area (Å²) in [5.74, 6) is 2.27. The summed E-state index contributed by atoms with van der Waals surface area (Å²) in [6.07, 6.45) is 6.21. The zero-order chi connectivity index (χ0) is 22.7. The Bertz CT molecular complexity index is 991. The molecule has 4 aliphatic heterocycles. The molecule has 0 saturated carbocycles. The van der Waals surface area contributed by atoms with Crippen molar-refractivity contribution in [1.82, 2.24) is 14.5 Å². The molecule has 0 aromatic heterocycles. The maximum Gasteiger partial charge on any atom is 0.240 e. The number of fused-ring (bicyclic) bond motifs is 3. The molecule has 1 unspecified atom stereocenters. The van der Waals surface area contributed by atoms with Gasteiger partial charge in [-0.05, 0) is 87.2 Å². The fraction of sp³-hybridized carbons (Fsp3) is 0.556. The Balaban J connectivity index is 1.08. The minimum absolute atomic E-state index is 0.329. The average molecular weight is 468 g/mol. The lowest BCUT2D eigenvalue weighted by atomic mass is 9.75. The molecule has 0 radical (unpaired) electrons. The zero-order valence-corrected chi connectivity index (χ0v) is 20.3. The first-order chi connectivity index (χ1) is 16.1. The van der Waals surface area contributed by atoms with Crippen LogP contribution in [0.15, 0.2) is 65.6 Å². The Kier molecular flexibility index (Phi) is 7.16. The lowest BCUT2D eigenvalue weighted by Gasteiger charge is -2.51. The van der Waals surface area contributed by atoms with Gasteiger partial charge in [0.25, 0.3) is 0 Å². The molecular formula is C27H37N3O2S. The van der Waals surface area contributed by atoms with Gasteiger partial charge < -0.3 is 4.90 Å². The van der Waals surface area contributed by atoms with Gasteiger partial charge in [-0.3, -0.25) is 4.90 Å². The van der Waals surface area contributed by atoms with Gasteiger partial charge in [0.2, 0.25) is 10.0 Å². The molecule has 4 aliphatic rings. The number of benzene rings is 2. The van der Waals surface area contributed by atoms with Gasteiger partial charge in [0.15, 0.2) is 0 Å². The first kappa shape index (κ1) is 23.0. The Hall–Kier alpha value is -1.73. The molecule has 33 heavy (non-hydrogen) atoms. The Labute approximate surface area is 199 Å². The predicted molar refractivity (Wildman–Crippen MR) is 133 cm³/mol. The number of hydrogen-bond donors (Lipinski definition) is 1. The van der Waals surface area contributed by atoms with Crippen molar-refractivity contribution in [1.29, 1.82) is 0 Å². The Morgan fingerprint density at radius 2 is 1.58 bits per heavy atom. The second-order valence-corrected chi connectivity index (χ2v) is 12.1. The van der Waals surface area contributed by atoms with Gasteiger partial charge in [-0.2, -0.15) is 0 Å². The zero-order valence-electron chi connectivity index (χ0n) is 19.5. The minimum Gasteiger partial charge on any atom is -0.303 e. The highest BCUT2D eigenvalue weighted by atomic mass is 32.2. The topological polar surface area (TPSA) is 52.7 Å². The molecule has 4 atom stereocenters. The van der Waals surface area contributed by atoms with Crippen LogP contribution in [-0.4, -0.2) is 63.5 Å². The summed E-state index contributed by atoms with van der Waals surface area (Å²) in [6, 6.07) is 20.0. The summed E-state index contributed by atoms with van der Waals surface area (Å²) >= 11 is 0. The minimum atomic E-state index is -3.43. The lowest BCUT2D eigenvalue weighted by Crippen LogP contribution is -2.58. The number of piperidine rings is 4. The molecule has 0 aliphatic carbocycles. The van der Waals surface area contributed by atoms with Gasteiger partial charge in [-0.1, -0.05) is 48.5 Å². The number of hydrogen-bond acceptors (Lipinski definition) is 4. The van der Waals surface area contributed by atoms with E-state index in [0.717, 1.165) is 37.3 Å². The summed E-state index contributed by atoms with van der Waals surface area (Å²) in [5.41, 5.74) is 1.47. The molecule has 4 heterocycles. The van der Waals surface area contributed by atoms with Crippen LogP contribution in [0.4, 0.5) is 0 Å². The number of nitrogens with one attached hydrogen (secondary N) is 1. The SMILES string of the molecule is O=S(=O)(NC[C@H]1C[C@@H]2CCN1C[C@H]2CN1CCC(Cc2ccccc2)CC1)c1ccccc1. The van der Waals surface area contributed by atoms with E-state index in [9.17, 15) is 8.42 Å². The van der Waals surface area contributed by atoms with Gasteiger partial charge >= 0.3 is 0 Å². The summed E-state index contributed by atoms with van der Waals surface area (Å²) < 4.78 is 28.1. The van der Waals surface area contributed by atoms with Crippen molar-refractivity contribution < 1.29 is 8.42 Å². The van der Waals surface area contributed by atoms with E-state index in [1.807, 2.05) is 6.07 Å². The smallest absolute Gasteiger partial charge is 0.240 e. The van der Waals surface area contributed by atoms with E-state index >= 15 is 0 Å². The fourth-order valence-electron chi connectivity index (χ4n) is 6.21. The van der Waals surface area contributed by atoms with Crippen molar-refractivity contribution in [2.45, 2.75) is 43.0 Å². The Morgan fingerprint density at radius 1 is 0.879 bits per heavy atom. The molecule has 4 saturated heterocycles. The molecule has 4 fully saturated rings. The standard InChI is InChI=1S/C27H37N3O2S/c31-33(32,27-9-5-2-6-10-27)28-19-26-18-24-13-16-30(26)21-25(24)20-29-14-11-23(12-15-29)17-22-7-3-1-4-8-22/h1-10,23-26,28H,11-21H2/t24-,25+,26+/m0/s1. The first-order valence-electron chi connectivity index (χ1n) is 12.6. The third-order valence-electron chi connectivity index (χ3n) is 8.14. The summed E-state index contributed by atoms with van der Waals surface area (Å²) in [4.78, 5) is 5.59. The van der Waals surface area contributed by atoms with Crippen LogP contribution in [-0.2, 0) is 16.4 Å². The number of rotatable bonds is 8. The van der Waals surface area contributed by atoms with Crippen LogP contribution < -0.4 is 4.72 Å². The van der Waals surface area contributed by atoms with Crippen LogP contribution in [0, 0.1) is 17.8 Å². The summed E-state index contributed by atoms with van der Waals surface area (Å²) in [5, 5.41) is 0. The summed E-state index contributed by atoms with van der Waals surface area (Å²) in [7, 11) is -3.43. The van der Waals surface area contributed by atoms with Gasteiger partial charge in [0.1, 0.15) is 0 Å². The lowest BCUT2D eigenvalue weighted by molar-refractivity contribution is -0.0139. The van der Waals surface area contributed by atoms with Gasteiger partial charge in [0.05, 0.1) is 4.90 Å². The van der Waals surface area contributed by atoms with Crippen molar-refractivity contribution in [2.75, 3.05) is 39.3 Å². The van der Waals surface area contributed by atoms with Crippen molar-refractivity contribution in [3.63, 3.8) is 0 Å². The molecule has 2 aromatic rings. The monoisotopic (exact) mass is 467 g/mol. The van der Waals surface area contributed by atoms with E-state index in [1.54, 1.807) is 24.3 Å². The van der Waals surface area contributed by atoms with Crippen LogP contribution >= 0.6 is 0 Å². The predicted octanol–water partition coefficient (Wildman–Crippen LogP) is 3.63. The molecule has 0 spiro atoms. The van der Waals surface area contributed by atoms with Crippen LogP contribution in [0.1, 0.15) is 31.2 Å². The molecule has 178 valence electrons. The van der Waals surface area contributed by atoms with Crippen molar-refractivity contribution in [2.24, 2.45) is 17.8 Å². The molecule has 5 nitrogen and oxygen atoms in total. The molecule has 0 amide bonds. The van der Waals surface area contributed by atoms with E-state index in [0.29, 0.717) is 17.5 Å². The van der Waals surface area contributed by atoms with Crippen molar-refractivity contribution in [3.05, 3.63) is 66.2 Å². The largest absolute Gasteiger partial charge is 0.303 e. The molecule has 6 rings (SSSR count). The fourth-order valence-corrected chi connectivity index (χ4v) is 7.30. The third-order valence-corrected chi connectivity index (χ3v) is 9.58. The van der Waals surface area contributed by atoms with Crippen molar-refractivity contribution >= 4 is 10.0 Å². The average Bonchev–Trinajstić information content (AvgIpc) is 2.86. The van der Waals surface area contributed by atoms with E-state index in [2.05, 4.69) is 44.9 Å². The molecule has 1 N–H and O–H groups in total. The van der Waals surface area contributed by atoms with Gasteiger partial charge in [0, 0.05) is 25.7 Å². The quantitative estimate of drug-likeness (QED) is 0.644. The van der Waals surface area contributed by atoms with Gasteiger partial charge in [-0.25, -0.2) is 13.1 Å². The molecule has 2 bridgehead atoms. The molecular weight excluding hydrogens is 430 g/mol. The van der Waals surface area contributed by atoms with Crippen LogP contribution in [0.3, 0.4) is 0 Å². The number of nitrogens with zero attached hydrogens (tertiary/aromatic N) is 2. The number of sulfonamides is 1. The highest BCUT2D eigenvalue weighted by Gasteiger charge is 2.41. The van der Waals surface area contributed by atoms with Gasteiger partial charge in [-0.15, -0.1) is 0 Å². The molecule has 6 heteroatoms. The first-order valence-corrected chi connectivity index (χ1v) is 14.1. The maximum absolute atomic E-state index is 12.6. The highest BCUT2D eigenvalue weighted by Crippen LogP contribution is 2.37. The van der Waals surface area contributed by atoms with Crippen LogP contribution in [0.5, 0.6) is 0 Å². The van der Waals surface area contributed by atoms with E-state index in [-0.39, 0.29) is 0 Å². The second kappa shape index (κ2) is 10.3. The van der Waals surface area contributed by atoms with E-state index < -0.39 is 10.0 Å².